The van der Waals surface area contributed by atoms with Crippen molar-refractivity contribution < 1.29 is 14.4 Å². The highest BCUT2D eigenvalue weighted by atomic mass is 32.2. The summed E-state index contributed by atoms with van der Waals surface area (Å²) in [5, 5.41) is 13.3. The zero-order chi connectivity index (χ0) is 17.0. The fourth-order valence-electron chi connectivity index (χ4n) is 2.35. The van der Waals surface area contributed by atoms with Gasteiger partial charge in [-0.2, -0.15) is 0 Å². The summed E-state index contributed by atoms with van der Waals surface area (Å²) in [6.07, 6.45) is 2.03. The quantitative estimate of drug-likeness (QED) is 0.324. The maximum absolute atomic E-state index is 11.6. The average Bonchev–Trinajstić information content (AvgIpc) is 2.53. The zero-order valence-corrected chi connectivity index (χ0v) is 14.5. The molecule has 6 nitrogen and oxygen atoms in total. The molecule has 0 fully saturated rings. The number of rotatable bonds is 7. The SMILES string of the molecule is CCCCSc1nc(C)c2cc(OC)c(OC)cc2c1[N+](=O)[O-]. The molecular weight excluding hydrogens is 316 g/mol. The van der Waals surface area contributed by atoms with E-state index in [1.165, 1.54) is 26.0 Å². The molecular formula is C16H20N2O4S. The van der Waals surface area contributed by atoms with Crippen molar-refractivity contribution in [2.45, 2.75) is 31.7 Å². The van der Waals surface area contributed by atoms with Crippen molar-refractivity contribution >= 4 is 28.2 Å². The third-order valence-corrected chi connectivity index (χ3v) is 4.61. The molecule has 0 bridgehead atoms. The molecule has 0 radical (unpaired) electrons. The number of pyridine rings is 1. The summed E-state index contributed by atoms with van der Waals surface area (Å²) in [6, 6.07) is 3.40. The fourth-order valence-corrected chi connectivity index (χ4v) is 3.49. The normalized spacial score (nSPS) is 10.8. The molecule has 2 rings (SSSR count). The molecule has 1 aromatic carbocycles. The highest BCUT2D eigenvalue weighted by Gasteiger charge is 2.24. The van der Waals surface area contributed by atoms with Crippen LogP contribution in [0.2, 0.25) is 0 Å². The lowest BCUT2D eigenvalue weighted by Gasteiger charge is -2.12. The van der Waals surface area contributed by atoms with E-state index in [-0.39, 0.29) is 10.6 Å². The number of unbranched alkanes of at least 4 members (excludes halogenated alkanes) is 1. The molecule has 0 amide bonds. The van der Waals surface area contributed by atoms with Crippen LogP contribution in [0.15, 0.2) is 17.2 Å². The second kappa shape index (κ2) is 7.50. The van der Waals surface area contributed by atoms with E-state index >= 15 is 0 Å². The maximum Gasteiger partial charge on any atom is 0.309 e. The van der Waals surface area contributed by atoms with Crippen LogP contribution in [-0.2, 0) is 0 Å². The van der Waals surface area contributed by atoms with Crippen LogP contribution < -0.4 is 9.47 Å². The smallest absolute Gasteiger partial charge is 0.309 e. The lowest BCUT2D eigenvalue weighted by molar-refractivity contribution is -0.386. The van der Waals surface area contributed by atoms with Crippen LogP contribution in [0.1, 0.15) is 25.5 Å². The molecule has 0 aliphatic carbocycles. The van der Waals surface area contributed by atoms with Crippen LogP contribution in [0.4, 0.5) is 5.69 Å². The topological polar surface area (TPSA) is 74.5 Å². The second-order valence-corrected chi connectivity index (χ2v) is 6.15. The number of benzene rings is 1. The van der Waals surface area contributed by atoms with Crippen LogP contribution in [0, 0.1) is 17.0 Å². The fraction of sp³-hybridized carbons (Fsp3) is 0.438. The van der Waals surface area contributed by atoms with Crippen LogP contribution >= 0.6 is 11.8 Å². The number of nitrogens with zero attached hydrogens (tertiary/aromatic N) is 2. The van der Waals surface area contributed by atoms with Crippen LogP contribution in [0.3, 0.4) is 0 Å². The number of aromatic nitrogens is 1. The predicted molar refractivity (Wildman–Crippen MR) is 91.9 cm³/mol. The first kappa shape index (κ1) is 17.3. The van der Waals surface area contributed by atoms with Gasteiger partial charge in [-0.1, -0.05) is 25.1 Å². The number of hydrogen-bond donors (Lipinski definition) is 0. The Morgan fingerprint density at radius 1 is 1.22 bits per heavy atom. The summed E-state index contributed by atoms with van der Waals surface area (Å²) < 4.78 is 10.6. The van der Waals surface area contributed by atoms with Crippen LogP contribution in [-0.4, -0.2) is 29.9 Å². The van der Waals surface area contributed by atoms with Gasteiger partial charge in [-0.05, 0) is 31.2 Å². The summed E-state index contributed by atoms with van der Waals surface area (Å²) >= 11 is 1.43. The molecule has 2 aromatic rings. The molecule has 7 heteroatoms. The Labute approximate surface area is 139 Å². The minimum absolute atomic E-state index is 0.0349. The summed E-state index contributed by atoms with van der Waals surface area (Å²) in [5.41, 5.74) is 0.776. The first-order chi connectivity index (χ1) is 11.0. The maximum atomic E-state index is 11.6. The van der Waals surface area contributed by atoms with Gasteiger partial charge in [-0.3, -0.25) is 10.1 Å². The van der Waals surface area contributed by atoms with Gasteiger partial charge in [0.05, 0.1) is 24.5 Å². The Morgan fingerprint density at radius 3 is 2.35 bits per heavy atom. The molecule has 1 heterocycles. The van der Waals surface area contributed by atoms with Gasteiger partial charge in [-0.15, -0.1) is 0 Å². The predicted octanol–water partition coefficient (Wildman–Crippen LogP) is 4.36. The van der Waals surface area contributed by atoms with Crippen molar-refractivity contribution in [1.29, 1.82) is 0 Å². The molecule has 0 spiro atoms. The molecule has 0 saturated heterocycles. The van der Waals surface area contributed by atoms with Gasteiger partial charge in [-0.25, -0.2) is 4.98 Å². The number of aryl methyl sites for hydroxylation is 1. The number of nitro groups is 1. The van der Waals surface area contributed by atoms with Crippen molar-refractivity contribution in [1.82, 2.24) is 4.98 Å². The molecule has 0 N–H and O–H groups in total. The van der Waals surface area contributed by atoms with E-state index < -0.39 is 0 Å². The van der Waals surface area contributed by atoms with E-state index in [2.05, 4.69) is 11.9 Å². The lowest BCUT2D eigenvalue weighted by atomic mass is 10.1. The number of fused-ring (bicyclic) bond motifs is 1. The van der Waals surface area contributed by atoms with E-state index in [4.69, 9.17) is 9.47 Å². The standard InChI is InChI=1S/C16H20N2O4S/c1-5-6-7-23-16-15(18(19)20)12-9-14(22-4)13(21-3)8-11(12)10(2)17-16/h8-9H,5-7H2,1-4H3. The highest BCUT2D eigenvalue weighted by Crippen LogP contribution is 2.41. The van der Waals surface area contributed by atoms with E-state index in [1.54, 1.807) is 12.1 Å². The van der Waals surface area contributed by atoms with Crippen molar-refractivity contribution in [3.8, 4) is 11.5 Å². The first-order valence-corrected chi connectivity index (χ1v) is 8.35. The summed E-state index contributed by atoms with van der Waals surface area (Å²) in [7, 11) is 3.05. The number of methoxy groups -OCH3 is 2. The summed E-state index contributed by atoms with van der Waals surface area (Å²) in [6.45, 7) is 3.94. The van der Waals surface area contributed by atoms with Crippen LogP contribution in [0.25, 0.3) is 10.8 Å². The largest absolute Gasteiger partial charge is 0.493 e. The lowest BCUT2D eigenvalue weighted by Crippen LogP contribution is -2.00. The molecule has 0 aliphatic rings. The van der Waals surface area contributed by atoms with Gasteiger partial charge >= 0.3 is 5.69 Å². The Bertz CT molecular complexity index is 734. The molecule has 0 atom stereocenters. The monoisotopic (exact) mass is 336 g/mol. The van der Waals surface area contributed by atoms with Gasteiger partial charge in [0, 0.05) is 11.1 Å². The van der Waals surface area contributed by atoms with E-state index in [9.17, 15) is 10.1 Å². The summed E-state index contributed by atoms with van der Waals surface area (Å²) in [4.78, 5) is 15.7. The number of hydrogen-bond acceptors (Lipinski definition) is 6. The molecule has 1 aromatic heterocycles. The van der Waals surface area contributed by atoms with E-state index in [0.29, 0.717) is 27.3 Å². The molecule has 0 aliphatic heterocycles. The van der Waals surface area contributed by atoms with Crippen molar-refractivity contribution in [2.24, 2.45) is 0 Å². The minimum Gasteiger partial charge on any atom is -0.493 e. The molecule has 0 saturated carbocycles. The van der Waals surface area contributed by atoms with Gasteiger partial charge in [0.15, 0.2) is 16.5 Å². The molecule has 0 unspecified atom stereocenters. The average molecular weight is 336 g/mol. The number of ether oxygens (including phenoxy) is 2. The summed E-state index contributed by atoms with van der Waals surface area (Å²) in [5.74, 6) is 1.81. The molecule has 23 heavy (non-hydrogen) atoms. The van der Waals surface area contributed by atoms with Gasteiger partial charge in [0.1, 0.15) is 0 Å². The van der Waals surface area contributed by atoms with Crippen molar-refractivity contribution in [3.05, 3.63) is 27.9 Å². The van der Waals surface area contributed by atoms with Gasteiger partial charge < -0.3 is 9.47 Å². The van der Waals surface area contributed by atoms with E-state index in [1.807, 2.05) is 6.92 Å². The third-order valence-electron chi connectivity index (χ3n) is 3.56. The van der Waals surface area contributed by atoms with Gasteiger partial charge in [0.25, 0.3) is 0 Å². The Balaban J connectivity index is 2.70. The molecule has 124 valence electrons. The van der Waals surface area contributed by atoms with E-state index in [0.717, 1.165) is 24.3 Å². The zero-order valence-electron chi connectivity index (χ0n) is 13.7. The van der Waals surface area contributed by atoms with Crippen molar-refractivity contribution in [2.75, 3.05) is 20.0 Å². The minimum atomic E-state index is -0.366. The van der Waals surface area contributed by atoms with Crippen molar-refractivity contribution in [3.63, 3.8) is 0 Å². The third kappa shape index (κ3) is 3.50. The second-order valence-electron chi connectivity index (χ2n) is 5.06. The van der Waals surface area contributed by atoms with Gasteiger partial charge in [0.2, 0.25) is 0 Å². The Hall–Kier alpha value is -2.02. The first-order valence-electron chi connectivity index (χ1n) is 7.37. The Morgan fingerprint density at radius 2 is 1.83 bits per heavy atom. The number of thioether (sulfide) groups is 1. The van der Waals surface area contributed by atoms with Crippen LogP contribution in [0.5, 0.6) is 11.5 Å². The highest BCUT2D eigenvalue weighted by molar-refractivity contribution is 7.99. The Kier molecular flexibility index (Phi) is 5.65.